The highest BCUT2D eigenvalue weighted by Crippen LogP contribution is 2.27. The second-order valence-electron chi connectivity index (χ2n) is 5.26. The number of rotatable bonds is 3. The van der Waals surface area contributed by atoms with E-state index in [-0.39, 0.29) is 11.6 Å². The lowest BCUT2D eigenvalue weighted by atomic mass is 10.3. The lowest BCUT2D eigenvalue weighted by Gasteiger charge is -2.05. The van der Waals surface area contributed by atoms with E-state index < -0.39 is 0 Å². The van der Waals surface area contributed by atoms with Crippen molar-refractivity contribution < 1.29 is 9.21 Å². The summed E-state index contributed by atoms with van der Waals surface area (Å²) >= 11 is 1.51. The van der Waals surface area contributed by atoms with Crippen molar-refractivity contribution in [2.24, 2.45) is 0 Å². The SMILES string of the molecule is Cc1cc(NC(=O)c2ncoc2C)n(-c2nc3ccccc3s2)n1. The van der Waals surface area contributed by atoms with Crippen molar-refractivity contribution in [3.63, 3.8) is 0 Å². The van der Waals surface area contributed by atoms with Crippen molar-refractivity contribution in [1.29, 1.82) is 0 Å². The number of anilines is 1. The zero-order chi connectivity index (χ0) is 16.7. The molecule has 4 aromatic rings. The molecule has 1 N–H and O–H groups in total. The average molecular weight is 339 g/mol. The van der Waals surface area contributed by atoms with E-state index in [4.69, 9.17) is 4.42 Å². The highest BCUT2D eigenvalue weighted by atomic mass is 32.1. The number of carbonyl (C=O) groups is 1. The molecule has 0 spiro atoms. The van der Waals surface area contributed by atoms with Crippen LogP contribution in [0.3, 0.4) is 0 Å². The molecule has 7 nitrogen and oxygen atoms in total. The highest BCUT2D eigenvalue weighted by molar-refractivity contribution is 7.20. The number of hydrogen-bond acceptors (Lipinski definition) is 6. The normalized spacial score (nSPS) is 11.1. The van der Waals surface area contributed by atoms with Crippen molar-refractivity contribution in [3.05, 3.63) is 53.9 Å². The van der Waals surface area contributed by atoms with Crippen molar-refractivity contribution in [3.8, 4) is 5.13 Å². The molecule has 24 heavy (non-hydrogen) atoms. The van der Waals surface area contributed by atoms with Gasteiger partial charge in [-0.25, -0.2) is 9.97 Å². The zero-order valence-corrected chi connectivity index (χ0v) is 13.8. The van der Waals surface area contributed by atoms with Gasteiger partial charge in [0.2, 0.25) is 5.13 Å². The van der Waals surface area contributed by atoms with Gasteiger partial charge in [-0.2, -0.15) is 9.78 Å². The van der Waals surface area contributed by atoms with Gasteiger partial charge in [-0.3, -0.25) is 4.79 Å². The van der Waals surface area contributed by atoms with Crippen molar-refractivity contribution in [2.75, 3.05) is 5.32 Å². The summed E-state index contributed by atoms with van der Waals surface area (Å²) in [4.78, 5) is 20.9. The number of hydrogen-bond donors (Lipinski definition) is 1. The molecular weight excluding hydrogens is 326 g/mol. The third-order valence-corrected chi connectivity index (χ3v) is 4.51. The molecule has 1 amide bonds. The van der Waals surface area contributed by atoms with Gasteiger partial charge in [-0.05, 0) is 26.0 Å². The first-order chi connectivity index (χ1) is 11.6. The molecule has 0 saturated heterocycles. The van der Waals surface area contributed by atoms with Crippen LogP contribution in [0.25, 0.3) is 15.3 Å². The minimum atomic E-state index is -0.344. The molecule has 0 aliphatic rings. The van der Waals surface area contributed by atoms with Gasteiger partial charge in [0.15, 0.2) is 12.1 Å². The van der Waals surface area contributed by atoms with E-state index in [0.29, 0.717) is 16.7 Å². The van der Waals surface area contributed by atoms with Crippen molar-refractivity contribution >= 4 is 33.3 Å². The van der Waals surface area contributed by atoms with Crippen LogP contribution in [-0.4, -0.2) is 25.7 Å². The van der Waals surface area contributed by atoms with E-state index in [1.807, 2.05) is 31.2 Å². The minimum absolute atomic E-state index is 0.254. The van der Waals surface area contributed by atoms with Crippen LogP contribution < -0.4 is 5.32 Å². The van der Waals surface area contributed by atoms with Gasteiger partial charge >= 0.3 is 0 Å². The largest absolute Gasteiger partial charge is 0.448 e. The van der Waals surface area contributed by atoms with Gasteiger partial charge in [0, 0.05) is 6.07 Å². The molecule has 0 unspecified atom stereocenters. The predicted molar refractivity (Wildman–Crippen MR) is 90.7 cm³/mol. The molecule has 3 aromatic heterocycles. The van der Waals surface area contributed by atoms with Crippen molar-refractivity contribution in [1.82, 2.24) is 19.7 Å². The van der Waals surface area contributed by atoms with E-state index >= 15 is 0 Å². The summed E-state index contributed by atoms with van der Waals surface area (Å²) in [5.41, 5.74) is 1.93. The van der Waals surface area contributed by atoms with Crippen molar-refractivity contribution in [2.45, 2.75) is 13.8 Å². The number of amides is 1. The maximum Gasteiger partial charge on any atom is 0.279 e. The number of oxazole rings is 1. The summed E-state index contributed by atoms with van der Waals surface area (Å²) in [5, 5.41) is 7.95. The van der Waals surface area contributed by atoms with Crippen LogP contribution >= 0.6 is 11.3 Å². The second-order valence-corrected chi connectivity index (χ2v) is 6.27. The number of fused-ring (bicyclic) bond motifs is 1. The van der Waals surface area contributed by atoms with Gasteiger partial charge < -0.3 is 9.73 Å². The fraction of sp³-hybridized carbons (Fsp3) is 0.125. The summed E-state index contributed by atoms with van der Waals surface area (Å²) in [6.45, 7) is 3.55. The van der Waals surface area contributed by atoms with Crippen LogP contribution in [0.1, 0.15) is 21.9 Å². The number of carbonyl (C=O) groups excluding carboxylic acids is 1. The van der Waals surface area contributed by atoms with Gasteiger partial charge in [-0.1, -0.05) is 23.5 Å². The summed E-state index contributed by atoms with van der Waals surface area (Å²) < 4.78 is 7.77. The fourth-order valence-corrected chi connectivity index (χ4v) is 3.32. The Balaban J connectivity index is 1.72. The Labute approximate surface area is 141 Å². The first kappa shape index (κ1) is 14.6. The monoisotopic (exact) mass is 339 g/mol. The zero-order valence-electron chi connectivity index (χ0n) is 13.0. The Hall–Kier alpha value is -3.00. The van der Waals surface area contributed by atoms with Crippen LogP contribution in [0.5, 0.6) is 0 Å². The van der Waals surface area contributed by atoms with E-state index in [1.54, 1.807) is 17.7 Å². The molecule has 8 heteroatoms. The standard InChI is InChI=1S/C16H13N5O2S/c1-9-7-13(19-15(22)14-10(2)23-8-17-14)21(20-9)16-18-11-5-3-4-6-12(11)24-16/h3-8H,1-2H3,(H,19,22). The third-order valence-electron chi connectivity index (χ3n) is 3.50. The molecular formula is C16H13N5O2S. The summed E-state index contributed by atoms with van der Waals surface area (Å²) in [5.74, 6) is 0.665. The smallest absolute Gasteiger partial charge is 0.279 e. The lowest BCUT2D eigenvalue weighted by Crippen LogP contribution is -2.16. The molecule has 4 rings (SSSR count). The van der Waals surface area contributed by atoms with Gasteiger partial charge in [0.1, 0.15) is 11.6 Å². The van der Waals surface area contributed by atoms with Gasteiger partial charge in [-0.15, -0.1) is 0 Å². The predicted octanol–water partition coefficient (Wildman–Crippen LogP) is 3.34. The van der Waals surface area contributed by atoms with E-state index in [2.05, 4.69) is 20.4 Å². The quantitative estimate of drug-likeness (QED) is 0.619. The van der Waals surface area contributed by atoms with Crippen LogP contribution in [0.15, 0.2) is 41.1 Å². The molecule has 0 radical (unpaired) electrons. The first-order valence-corrected chi connectivity index (χ1v) is 8.07. The molecule has 0 aliphatic carbocycles. The van der Waals surface area contributed by atoms with Crippen LogP contribution in [-0.2, 0) is 0 Å². The third kappa shape index (κ3) is 2.46. The number of aryl methyl sites for hydroxylation is 2. The number of nitrogens with zero attached hydrogens (tertiary/aromatic N) is 4. The fourth-order valence-electron chi connectivity index (χ4n) is 2.38. The molecule has 0 bridgehead atoms. The molecule has 0 atom stereocenters. The highest BCUT2D eigenvalue weighted by Gasteiger charge is 2.18. The van der Waals surface area contributed by atoms with Crippen LogP contribution in [0.4, 0.5) is 5.82 Å². The topological polar surface area (TPSA) is 85.8 Å². The second kappa shape index (κ2) is 5.57. The molecule has 1 aromatic carbocycles. The molecule has 0 saturated carbocycles. The molecule has 120 valence electrons. The maximum absolute atomic E-state index is 12.4. The minimum Gasteiger partial charge on any atom is -0.448 e. The van der Waals surface area contributed by atoms with E-state index in [0.717, 1.165) is 15.9 Å². The van der Waals surface area contributed by atoms with Gasteiger partial charge in [0.05, 0.1) is 15.9 Å². The first-order valence-electron chi connectivity index (χ1n) is 7.26. The molecule has 0 fully saturated rings. The van der Waals surface area contributed by atoms with Crippen LogP contribution in [0.2, 0.25) is 0 Å². The number of aromatic nitrogens is 4. The number of benzene rings is 1. The Morgan fingerprint density at radius 1 is 1.29 bits per heavy atom. The summed E-state index contributed by atoms with van der Waals surface area (Å²) in [7, 11) is 0. The maximum atomic E-state index is 12.4. The summed E-state index contributed by atoms with van der Waals surface area (Å²) in [6, 6.07) is 9.65. The van der Waals surface area contributed by atoms with Crippen LogP contribution in [0, 0.1) is 13.8 Å². The Kier molecular flexibility index (Phi) is 3.39. The number of nitrogens with one attached hydrogen (secondary N) is 1. The van der Waals surface area contributed by atoms with Gasteiger partial charge in [0.25, 0.3) is 5.91 Å². The Bertz CT molecular complexity index is 1010. The number of para-hydroxylation sites is 1. The molecule has 0 aliphatic heterocycles. The van der Waals surface area contributed by atoms with E-state index in [9.17, 15) is 4.79 Å². The lowest BCUT2D eigenvalue weighted by molar-refractivity contribution is 0.102. The Morgan fingerprint density at radius 2 is 2.12 bits per heavy atom. The average Bonchev–Trinajstić information content (AvgIpc) is 3.24. The number of thiazole rings is 1. The molecule has 3 heterocycles. The summed E-state index contributed by atoms with van der Waals surface area (Å²) in [6.07, 6.45) is 1.25. The Morgan fingerprint density at radius 3 is 2.88 bits per heavy atom. The van der Waals surface area contributed by atoms with E-state index in [1.165, 1.54) is 17.7 Å².